The van der Waals surface area contributed by atoms with Crippen molar-refractivity contribution in [2.24, 2.45) is 11.3 Å². The van der Waals surface area contributed by atoms with Gasteiger partial charge in [0.2, 0.25) is 5.91 Å². The van der Waals surface area contributed by atoms with E-state index in [9.17, 15) is 4.79 Å². The zero-order valence-corrected chi connectivity index (χ0v) is 16.2. The van der Waals surface area contributed by atoms with E-state index in [1.54, 1.807) is 0 Å². The van der Waals surface area contributed by atoms with Gasteiger partial charge in [-0.1, -0.05) is 57.5 Å². The Hall–Kier alpha value is -2.17. The summed E-state index contributed by atoms with van der Waals surface area (Å²) >= 11 is 0. The molecule has 1 heterocycles. The quantitative estimate of drug-likeness (QED) is 0.759. The maximum absolute atomic E-state index is 12.8. The number of benzene rings is 1. The van der Waals surface area contributed by atoms with Crippen LogP contribution in [-0.4, -0.2) is 27.3 Å². The first-order valence-electron chi connectivity index (χ1n) is 8.89. The molecule has 0 saturated heterocycles. The van der Waals surface area contributed by atoms with Crippen LogP contribution in [0.3, 0.4) is 0 Å². The van der Waals surface area contributed by atoms with Crippen LogP contribution in [0.15, 0.2) is 24.3 Å². The predicted molar refractivity (Wildman–Crippen MR) is 99.8 cm³/mol. The molecule has 0 N–H and O–H groups in total. The van der Waals surface area contributed by atoms with Gasteiger partial charge in [-0.2, -0.15) is 9.67 Å². The highest BCUT2D eigenvalue weighted by molar-refractivity contribution is 5.82. The fourth-order valence-electron chi connectivity index (χ4n) is 3.05. The molecule has 0 bridgehead atoms. The Morgan fingerprint density at radius 1 is 1.24 bits per heavy atom. The number of hydrogen-bond acceptors (Lipinski definition) is 4. The van der Waals surface area contributed by atoms with Crippen LogP contribution in [0, 0.1) is 18.3 Å². The third-order valence-corrected chi connectivity index (χ3v) is 3.89. The van der Waals surface area contributed by atoms with Crippen molar-refractivity contribution in [3.05, 3.63) is 29.8 Å². The number of aromatic nitrogens is 3. The molecule has 0 radical (unpaired) electrons. The van der Waals surface area contributed by atoms with Gasteiger partial charge in [0.15, 0.2) is 5.82 Å². The summed E-state index contributed by atoms with van der Waals surface area (Å²) in [5, 5.41) is 4.28. The molecule has 1 atom stereocenters. The van der Waals surface area contributed by atoms with Gasteiger partial charge in [-0.25, -0.2) is 0 Å². The minimum Gasteiger partial charge on any atom is -0.463 e. The van der Waals surface area contributed by atoms with Gasteiger partial charge in [0.05, 0.1) is 6.61 Å². The molecule has 0 fully saturated rings. The van der Waals surface area contributed by atoms with E-state index in [1.165, 1.54) is 4.68 Å². The number of nitrogens with zero attached hydrogens (tertiary/aromatic N) is 3. The minimum atomic E-state index is -0.0502. The van der Waals surface area contributed by atoms with E-state index in [1.807, 2.05) is 38.1 Å². The average Bonchev–Trinajstić information content (AvgIpc) is 2.90. The molecular weight excluding hydrogens is 314 g/mol. The lowest BCUT2D eigenvalue weighted by Crippen LogP contribution is -2.20. The second-order valence-electron chi connectivity index (χ2n) is 7.90. The Morgan fingerprint density at radius 2 is 1.88 bits per heavy atom. The molecule has 0 aliphatic heterocycles. The van der Waals surface area contributed by atoms with Gasteiger partial charge >= 0.3 is 6.01 Å². The van der Waals surface area contributed by atoms with Crippen LogP contribution in [0.4, 0.5) is 0 Å². The van der Waals surface area contributed by atoms with Crippen LogP contribution in [0.2, 0.25) is 0 Å². The zero-order chi connectivity index (χ0) is 18.6. The summed E-state index contributed by atoms with van der Waals surface area (Å²) < 4.78 is 6.81. The van der Waals surface area contributed by atoms with Gasteiger partial charge in [-0.3, -0.25) is 4.79 Å². The fourth-order valence-corrected chi connectivity index (χ4v) is 3.05. The number of carbonyl (C=O) groups is 1. The number of hydrogen-bond donors (Lipinski definition) is 0. The van der Waals surface area contributed by atoms with Crippen LogP contribution >= 0.6 is 0 Å². The molecule has 5 heteroatoms. The Morgan fingerprint density at radius 3 is 2.44 bits per heavy atom. The summed E-state index contributed by atoms with van der Waals surface area (Å²) in [5.74, 6) is 0.764. The van der Waals surface area contributed by atoms with Gasteiger partial charge in [0, 0.05) is 12.0 Å². The first-order valence-corrected chi connectivity index (χ1v) is 8.89. The van der Waals surface area contributed by atoms with Gasteiger partial charge < -0.3 is 4.74 Å². The molecule has 2 rings (SSSR count). The molecule has 1 aromatic carbocycles. The SMILES string of the molecule is CCOc1nc(-c2ccc(C)cc2)n(C(=O)CC(C)CC(C)(C)C)n1. The van der Waals surface area contributed by atoms with E-state index < -0.39 is 0 Å². The van der Waals surface area contributed by atoms with Gasteiger partial charge in [0.25, 0.3) is 0 Å². The van der Waals surface area contributed by atoms with Crippen molar-refractivity contribution < 1.29 is 9.53 Å². The second-order valence-corrected chi connectivity index (χ2v) is 7.90. The lowest BCUT2D eigenvalue weighted by atomic mass is 9.84. The third kappa shape index (κ3) is 5.41. The van der Waals surface area contributed by atoms with Crippen LogP contribution < -0.4 is 4.74 Å². The van der Waals surface area contributed by atoms with Crippen molar-refractivity contribution in [2.45, 2.75) is 54.4 Å². The van der Waals surface area contributed by atoms with E-state index in [0.29, 0.717) is 18.9 Å². The van der Waals surface area contributed by atoms with Gasteiger partial charge in [-0.15, -0.1) is 5.10 Å². The van der Waals surface area contributed by atoms with Crippen molar-refractivity contribution >= 4 is 5.91 Å². The maximum atomic E-state index is 12.8. The van der Waals surface area contributed by atoms with Crippen LogP contribution in [0.25, 0.3) is 11.4 Å². The molecule has 1 aromatic heterocycles. The normalized spacial score (nSPS) is 12.9. The molecule has 136 valence electrons. The van der Waals surface area contributed by atoms with E-state index in [-0.39, 0.29) is 23.3 Å². The predicted octanol–water partition coefficient (Wildman–Crippen LogP) is 4.75. The lowest BCUT2D eigenvalue weighted by Gasteiger charge is -2.22. The van der Waals surface area contributed by atoms with E-state index in [4.69, 9.17) is 4.74 Å². The monoisotopic (exact) mass is 343 g/mol. The smallest absolute Gasteiger partial charge is 0.336 e. The molecule has 5 nitrogen and oxygen atoms in total. The van der Waals surface area contributed by atoms with E-state index in [0.717, 1.165) is 17.5 Å². The fraction of sp³-hybridized carbons (Fsp3) is 0.550. The molecule has 25 heavy (non-hydrogen) atoms. The van der Waals surface area contributed by atoms with E-state index >= 15 is 0 Å². The highest BCUT2D eigenvalue weighted by Crippen LogP contribution is 2.27. The molecular formula is C20H29N3O2. The molecule has 0 aliphatic rings. The maximum Gasteiger partial charge on any atom is 0.336 e. The summed E-state index contributed by atoms with van der Waals surface area (Å²) in [7, 11) is 0. The summed E-state index contributed by atoms with van der Waals surface area (Å²) in [4.78, 5) is 17.2. The second kappa shape index (κ2) is 7.81. The molecule has 0 spiro atoms. The number of aryl methyl sites for hydroxylation is 1. The molecule has 1 unspecified atom stereocenters. The van der Waals surface area contributed by atoms with Crippen LogP contribution in [0.5, 0.6) is 6.01 Å². The highest BCUT2D eigenvalue weighted by atomic mass is 16.5. The van der Waals surface area contributed by atoms with Gasteiger partial charge in [-0.05, 0) is 31.6 Å². The third-order valence-electron chi connectivity index (χ3n) is 3.89. The average molecular weight is 343 g/mol. The Labute approximate surface area is 150 Å². The zero-order valence-electron chi connectivity index (χ0n) is 16.2. The summed E-state index contributed by atoms with van der Waals surface area (Å²) in [6, 6.07) is 8.16. The number of ether oxygens (including phenoxy) is 1. The summed E-state index contributed by atoms with van der Waals surface area (Å²) in [5.41, 5.74) is 2.21. The summed E-state index contributed by atoms with van der Waals surface area (Å²) in [6.07, 6.45) is 1.41. The van der Waals surface area contributed by atoms with Crippen molar-refractivity contribution in [3.8, 4) is 17.4 Å². The Bertz CT molecular complexity index is 712. The number of rotatable bonds is 6. The molecule has 0 aliphatic carbocycles. The first-order chi connectivity index (χ1) is 11.7. The highest BCUT2D eigenvalue weighted by Gasteiger charge is 2.22. The first kappa shape index (κ1) is 19.2. The molecule has 0 amide bonds. The van der Waals surface area contributed by atoms with E-state index in [2.05, 4.69) is 37.8 Å². The molecule has 2 aromatic rings. The Kier molecular flexibility index (Phi) is 5.98. The summed E-state index contributed by atoms with van der Waals surface area (Å²) in [6.45, 7) is 13.0. The van der Waals surface area contributed by atoms with Crippen molar-refractivity contribution in [1.29, 1.82) is 0 Å². The largest absolute Gasteiger partial charge is 0.463 e. The Balaban J connectivity index is 2.28. The van der Waals surface area contributed by atoms with Crippen molar-refractivity contribution in [1.82, 2.24) is 14.8 Å². The standard InChI is InChI=1S/C20H29N3O2/c1-7-25-19-21-18(16-10-8-14(2)9-11-16)23(22-19)17(24)12-15(3)13-20(4,5)6/h8-11,15H,7,12-13H2,1-6H3. The van der Waals surface area contributed by atoms with Crippen LogP contribution in [0.1, 0.15) is 57.8 Å². The number of carbonyl (C=O) groups excluding carboxylic acids is 1. The minimum absolute atomic E-state index is 0.0502. The van der Waals surface area contributed by atoms with Gasteiger partial charge in [0.1, 0.15) is 0 Å². The van der Waals surface area contributed by atoms with Crippen LogP contribution in [-0.2, 0) is 0 Å². The van der Waals surface area contributed by atoms with Crippen molar-refractivity contribution in [3.63, 3.8) is 0 Å². The lowest BCUT2D eigenvalue weighted by molar-refractivity contribution is 0.0856. The van der Waals surface area contributed by atoms with Crippen molar-refractivity contribution in [2.75, 3.05) is 6.61 Å². The topological polar surface area (TPSA) is 57.0 Å². The molecule has 0 saturated carbocycles.